The number of phenols is 2. The van der Waals surface area contributed by atoms with Crippen molar-refractivity contribution in [2.24, 2.45) is 0 Å². The summed E-state index contributed by atoms with van der Waals surface area (Å²) in [5, 5.41) is 82.0. The molecule has 16 nitrogen and oxygen atoms in total. The predicted molar refractivity (Wildman–Crippen MR) is 148 cm³/mol. The lowest BCUT2D eigenvalue weighted by atomic mass is 9.99. The smallest absolute Gasteiger partial charge is 0.302 e. The minimum Gasteiger partial charge on any atom is -0.508 e. The molecule has 2 aliphatic rings. The lowest BCUT2D eigenvalue weighted by Gasteiger charge is -2.39. The van der Waals surface area contributed by atoms with Gasteiger partial charge in [-0.3, -0.25) is 9.59 Å². The summed E-state index contributed by atoms with van der Waals surface area (Å²) in [6.07, 6.45) is -15.7. The SMILES string of the molecule is CC(=O)OC[C@@H]1O[C@@H](Oc2c(-c3ccc(O)cc3)oc3cc(O[C@@H]4O[C@@H](C)[C@H](O)[C@H](O)[C@H]4O)cc(O)c3c2=O)[C@@H](O)[C@@H](O)[C@H]1O. The average Bonchev–Trinajstić information content (AvgIpc) is 2.99. The summed E-state index contributed by atoms with van der Waals surface area (Å²) in [6.45, 7) is 2.04. The lowest BCUT2D eigenvalue weighted by molar-refractivity contribution is -0.278. The molecule has 2 aliphatic heterocycles. The molecule has 0 saturated carbocycles. The Morgan fingerprint density at radius 2 is 1.44 bits per heavy atom. The van der Waals surface area contributed by atoms with E-state index in [1.807, 2.05) is 0 Å². The minimum absolute atomic E-state index is 0.123. The maximum absolute atomic E-state index is 13.8. The van der Waals surface area contributed by atoms with Gasteiger partial charge in [0.1, 0.15) is 77.6 Å². The molecule has 16 heteroatoms. The molecular weight excluding hydrogens is 604 g/mol. The van der Waals surface area contributed by atoms with Crippen LogP contribution >= 0.6 is 0 Å². The molecule has 0 spiro atoms. The number of phenolic OH excluding ortho intramolecular Hbond substituents is 2. The lowest BCUT2D eigenvalue weighted by Crippen LogP contribution is -2.60. The molecule has 45 heavy (non-hydrogen) atoms. The number of aliphatic hydroxyl groups is 6. The zero-order valence-electron chi connectivity index (χ0n) is 23.8. The summed E-state index contributed by atoms with van der Waals surface area (Å²) >= 11 is 0. The molecule has 10 atom stereocenters. The molecule has 5 rings (SSSR count). The van der Waals surface area contributed by atoms with Gasteiger partial charge in [-0.2, -0.15) is 0 Å². The Kier molecular flexibility index (Phi) is 9.20. The van der Waals surface area contributed by atoms with Crippen molar-refractivity contribution in [1.82, 2.24) is 0 Å². The van der Waals surface area contributed by atoms with Crippen molar-refractivity contribution in [2.45, 2.75) is 75.3 Å². The van der Waals surface area contributed by atoms with Gasteiger partial charge in [-0.05, 0) is 31.2 Å². The second kappa shape index (κ2) is 12.8. The van der Waals surface area contributed by atoms with Crippen molar-refractivity contribution in [3.63, 3.8) is 0 Å². The van der Waals surface area contributed by atoms with Crippen molar-refractivity contribution >= 4 is 16.9 Å². The van der Waals surface area contributed by atoms with E-state index in [9.17, 15) is 50.4 Å². The Labute approximate surface area is 253 Å². The fourth-order valence-electron chi connectivity index (χ4n) is 4.95. The monoisotopic (exact) mass is 636 g/mol. The molecule has 0 unspecified atom stereocenters. The third-order valence-corrected chi connectivity index (χ3v) is 7.45. The van der Waals surface area contributed by atoms with E-state index in [2.05, 4.69) is 0 Å². The molecule has 0 bridgehead atoms. The Balaban J connectivity index is 1.56. The molecular formula is C29H32O16. The van der Waals surface area contributed by atoms with Crippen molar-refractivity contribution < 1.29 is 73.7 Å². The number of hydrogen-bond acceptors (Lipinski definition) is 16. The topological polar surface area (TPSA) is 255 Å². The highest BCUT2D eigenvalue weighted by atomic mass is 16.7. The number of esters is 1. The van der Waals surface area contributed by atoms with Crippen LogP contribution in [0.5, 0.6) is 23.0 Å². The van der Waals surface area contributed by atoms with Gasteiger partial charge in [0.15, 0.2) is 5.76 Å². The number of aliphatic hydroxyl groups excluding tert-OH is 6. The van der Waals surface area contributed by atoms with Crippen molar-refractivity contribution in [3.8, 4) is 34.3 Å². The van der Waals surface area contributed by atoms with Gasteiger partial charge in [-0.1, -0.05) is 0 Å². The van der Waals surface area contributed by atoms with Gasteiger partial charge in [0.05, 0.1) is 6.10 Å². The second-order valence-electron chi connectivity index (χ2n) is 10.7. The van der Waals surface area contributed by atoms with Crippen LogP contribution in [-0.2, 0) is 19.0 Å². The van der Waals surface area contributed by atoms with Crippen LogP contribution in [0.25, 0.3) is 22.3 Å². The summed E-state index contributed by atoms with van der Waals surface area (Å²) in [4.78, 5) is 25.1. The second-order valence-corrected chi connectivity index (χ2v) is 10.7. The van der Waals surface area contributed by atoms with Gasteiger partial charge < -0.3 is 69.0 Å². The largest absolute Gasteiger partial charge is 0.508 e. The van der Waals surface area contributed by atoms with Gasteiger partial charge in [0.25, 0.3) is 0 Å². The van der Waals surface area contributed by atoms with Crippen LogP contribution in [0.4, 0.5) is 0 Å². The molecule has 3 heterocycles. The fraction of sp³-hybridized carbons (Fsp3) is 0.448. The molecule has 3 aromatic rings. The van der Waals surface area contributed by atoms with E-state index in [-0.39, 0.29) is 28.4 Å². The summed E-state index contributed by atoms with van der Waals surface area (Å²) < 4.78 is 33.1. The molecule has 1 aromatic heterocycles. The van der Waals surface area contributed by atoms with Crippen LogP contribution in [-0.4, -0.2) is 115 Å². The zero-order valence-corrected chi connectivity index (χ0v) is 23.8. The molecule has 0 aliphatic carbocycles. The summed E-state index contributed by atoms with van der Waals surface area (Å²) in [7, 11) is 0. The number of hydrogen-bond donors (Lipinski definition) is 8. The van der Waals surface area contributed by atoms with Gasteiger partial charge in [0, 0.05) is 24.6 Å². The van der Waals surface area contributed by atoms with Crippen LogP contribution in [0, 0.1) is 0 Å². The summed E-state index contributed by atoms with van der Waals surface area (Å²) in [5.74, 6) is -2.55. The Bertz CT molecular complexity index is 1590. The highest BCUT2D eigenvalue weighted by Crippen LogP contribution is 2.38. The normalized spacial score (nSPS) is 31.8. The van der Waals surface area contributed by atoms with Crippen LogP contribution < -0.4 is 14.9 Å². The average molecular weight is 637 g/mol. The van der Waals surface area contributed by atoms with Crippen molar-refractivity contribution in [3.05, 3.63) is 46.6 Å². The number of carbonyl (C=O) groups is 1. The van der Waals surface area contributed by atoms with Crippen molar-refractivity contribution in [1.29, 1.82) is 0 Å². The first kappa shape index (κ1) is 32.4. The van der Waals surface area contributed by atoms with Gasteiger partial charge >= 0.3 is 5.97 Å². The summed E-state index contributed by atoms with van der Waals surface area (Å²) in [5.41, 5.74) is -1.05. The van der Waals surface area contributed by atoms with Crippen LogP contribution in [0.3, 0.4) is 0 Å². The molecule has 0 radical (unpaired) electrons. The summed E-state index contributed by atoms with van der Waals surface area (Å²) in [6, 6.07) is 7.49. The number of ether oxygens (including phenoxy) is 5. The van der Waals surface area contributed by atoms with Crippen LogP contribution in [0.2, 0.25) is 0 Å². The first-order valence-corrected chi connectivity index (χ1v) is 13.8. The Morgan fingerprint density at radius 3 is 2.09 bits per heavy atom. The zero-order chi connectivity index (χ0) is 32.7. The van der Waals surface area contributed by atoms with Gasteiger partial charge in [-0.15, -0.1) is 0 Å². The van der Waals surface area contributed by atoms with Gasteiger partial charge in [0.2, 0.25) is 23.8 Å². The van der Waals surface area contributed by atoms with Gasteiger partial charge in [-0.25, -0.2) is 0 Å². The number of benzene rings is 2. The number of fused-ring (bicyclic) bond motifs is 1. The molecule has 2 fully saturated rings. The molecule has 0 amide bonds. The third kappa shape index (κ3) is 6.40. The van der Waals surface area contributed by atoms with E-state index in [0.717, 1.165) is 13.0 Å². The standard InChI is InChI=1S/C29H32O16/c1-10-19(33)22(36)24(38)28(41-10)42-14-7-15(32)18-16(8-14)43-26(12-3-5-13(31)6-4-12)27(21(18)35)45-29-25(39)23(37)20(34)17(44-29)9-40-11(2)30/h3-8,10,17,19-20,22-25,28-29,31-34,36-39H,9H2,1-2H3/t10-,17-,19-,20-,22-,23-,24+,25-,28-,29-/m0/s1. The molecule has 8 N–H and O–H groups in total. The highest BCUT2D eigenvalue weighted by Gasteiger charge is 2.46. The first-order chi connectivity index (χ1) is 21.3. The van der Waals surface area contributed by atoms with E-state index < -0.39 is 96.3 Å². The van der Waals surface area contributed by atoms with E-state index >= 15 is 0 Å². The van der Waals surface area contributed by atoms with E-state index in [1.165, 1.54) is 37.3 Å². The molecule has 244 valence electrons. The minimum atomic E-state index is -1.90. The maximum atomic E-state index is 13.8. The molecule has 2 saturated heterocycles. The number of carbonyl (C=O) groups excluding carboxylic acids is 1. The molecule has 2 aromatic carbocycles. The highest BCUT2D eigenvalue weighted by molar-refractivity contribution is 5.88. The van der Waals surface area contributed by atoms with E-state index in [4.69, 9.17) is 28.1 Å². The quantitative estimate of drug-likeness (QED) is 0.142. The number of rotatable bonds is 7. The van der Waals surface area contributed by atoms with E-state index in [0.29, 0.717) is 0 Å². The third-order valence-electron chi connectivity index (χ3n) is 7.45. The Hall–Kier alpha value is -4.00. The Morgan fingerprint density at radius 1 is 0.822 bits per heavy atom. The van der Waals surface area contributed by atoms with Crippen LogP contribution in [0.15, 0.2) is 45.6 Å². The van der Waals surface area contributed by atoms with E-state index in [1.54, 1.807) is 0 Å². The first-order valence-electron chi connectivity index (χ1n) is 13.8. The predicted octanol–water partition coefficient (Wildman–Crippen LogP) is -1.17. The van der Waals surface area contributed by atoms with Crippen LogP contribution in [0.1, 0.15) is 13.8 Å². The van der Waals surface area contributed by atoms with Crippen molar-refractivity contribution in [2.75, 3.05) is 6.61 Å². The fourth-order valence-corrected chi connectivity index (χ4v) is 4.95. The maximum Gasteiger partial charge on any atom is 0.302 e. The number of aromatic hydroxyl groups is 2.